The van der Waals surface area contributed by atoms with Crippen LogP contribution in [0.2, 0.25) is 5.02 Å². The lowest BCUT2D eigenvalue weighted by atomic mass is 9.94. The normalized spacial score (nSPS) is 12.6. The standard InChI is InChI=1S/C17H11ClO3/c18-16-12-3-4-13-11-2-1-10(19)7-9(11)8-21-17(13)14(12)5-6-15(16)20/h1-7,19-20H,8H2. The van der Waals surface area contributed by atoms with Gasteiger partial charge in [0.1, 0.15) is 23.9 Å². The Morgan fingerprint density at radius 2 is 1.67 bits per heavy atom. The molecule has 0 saturated carbocycles. The highest BCUT2D eigenvalue weighted by molar-refractivity contribution is 6.37. The Bertz CT molecular complexity index is 887. The summed E-state index contributed by atoms with van der Waals surface area (Å²) in [5.41, 5.74) is 2.96. The summed E-state index contributed by atoms with van der Waals surface area (Å²) in [5.74, 6) is 1.05. The van der Waals surface area contributed by atoms with Crippen molar-refractivity contribution in [2.45, 2.75) is 6.61 Å². The number of phenolic OH excluding ortho intramolecular Hbond substituents is 2. The third kappa shape index (κ3) is 1.74. The van der Waals surface area contributed by atoms with Crippen LogP contribution in [0, 0.1) is 0 Å². The Kier molecular flexibility index (Phi) is 2.53. The fourth-order valence-corrected chi connectivity index (χ4v) is 3.04. The summed E-state index contributed by atoms with van der Waals surface area (Å²) in [6, 6.07) is 12.5. The van der Waals surface area contributed by atoms with Crippen LogP contribution in [-0.4, -0.2) is 10.2 Å². The van der Waals surface area contributed by atoms with Gasteiger partial charge in [0.25, 0.3) is 0 Å². The molecule has 1 heterocycles. The largest absolute Gasteiger partial charge is 0.508 e. The fraction of sp³-hybridized carbons (Fsp3) is 0.0588. The van der Waals surface area contributed by atoms with Crippen LogP contribution < -0.4 is 4.74 Å². The van der Waals surface area contributed by atoms with Crippen molar-refractivity contribution in [3.63, 3.8) is 0 Å². The van der Waals surface area contributed by atoms with Gasteiger partial charge in [0.05, 0.1) is 5.02 Å². The zero-order chi connectivity index (χ0) is 14.6. The molecule has 0 aliphatic carbocycles. The van der Waals surface area contributed by atoms with Crippen LogP contribution in [0.5, 0.6) is 17.2 Å². The lowest BCUT2D eigenvalue weighted by molar-refractivity contribution is 0.305. The smallest absolute Gasteiger partial charge is 0.135 e. The predicted molar refractivity (Wildman–Crippen MR) is 82.1 cm³/mol. The monoisotopic (exact) mass is 298 g/mol. The predicted octanol–water partition coefficient (Wildman–Crippen LogP) is 4.46. The van der Waals surface area contributed by atoms with Crippen LogP contribution in [-0.2, 0) is 6.61 Å². The van der Waals surface area contributed by atoms with E-state index in [-0.39, 0.29) is 11.5 Å². The van der Waals surface area contributed by atoms with Crippen molar-refractivity contribution in [3.8, 4) is 28.4 Å². The van der Waals surface area contributed by atoms with E-state index in [2.05, 4.69) is 0 Å². The molecule has 0 atom stereocenters. The van der Waals surface area contributed by atoms with Gasteiger partial charge in [0.2, 0.25) is 0 Å². The first kappa shape index (κ1) is 12.4. The second kappa shape index (κ2) is 4.30. The zero-order valence-electron chi connectivity index (χ0n) is 10.9. The topological polar surface area (TPSA) is 49.7 Å². The molecule has 3 aromatic carbocycles. The van der Waals surface area contributed by atoms with Gasteiger partial charge in [0.15, 0.2) is 0 Å². The van der Waals surface area contributed by atoms with E-state index in [1.165, 1.54) is 0 Å². The van der Waals surface area contributed by atoms with E-state index in [1.807, 2.05) is 18.2 Å². The van der Waals surface area contributed by atoms with Gasteiger partial charge in [-0.15, -0.1) is 0 Å². The van der Waals surface area contributed by atoms with E-state index < -0.39 is 0 Å². The Labute approximate surface area is 126 Å². The number of aromatic hydroxyl groups is 2. The molecule has 0 aromatic heterocycles. The van der Waals surface area contributed by atoms with E-state index in [9.17, 15) is 10.2 Å². The van der Waals surface area contributed by atoms with Gasteiger partial charge in [-0.2, -0.15) is 0 Å². The van der Waals surface area contributed by atoms with Crippen LogP contribution in [0.15, 0.2) is 42.5 Å². The molecule has 1 aliphatic rings. The van der Waals surface area contributed by atoms with Crippen LogP contribution in [0.3, 0.4) is 0 Å². The minimum Gasteiger partial charge on any atom is -0.508 e. The minimum absolute atomic E-state index is 0.0604. The summed E-state index contributed by atoms with van der Waals surface area (Å²) < 4.78 is 5.86. The molecular weight excluding hydrogens is 288 g/mol. The highest BCUT2D eigenvalue weighted by Gasteiger charge is 2.21. The van der Waals surface area contributed by atoms with Crippen molar-refractivity contribution in [2.75, 3.05) is 0 Å². The van der Waals surface area contributed by atoms with Crippen LogP contribution in [0.1, 0.15) is 5.56 Å². The van der Waals surface area contributed by atoms with Crippen molar-refractivity contribution in [2.24, 2.45) is 0 Å². The Hall–Kier alpha value is -2.39. The molecule has 1 aliphatic heterocycles. The molecule has 3 nitrogen and oxygen atoms in total. The van der Waals surface area contributed by atoms with E-state index in [1.54, 1.807) is 24.3 Å². The molecule has 0 fully saturated rings. The molecule has 0 spiro atoms. The first-order valence-corrected chi connectivity index (χ1v) is 6.92. The van der Waals surface area contributed by atoms with Crippen molar-refractivity contribution >= 4 is 22.4 Å². The zero-order valence-corrected chi connectivity index (χ0v) is 11.7. The van der Waals surface area contributed by atoms with E-state index in [0.717, 1.165) is 33.2 Å². The maximum absolute atomic E-state index is 9.71. The van der Waals surface area contributed by atoms with Gasteiger partial charge < -0.3 is 14.9 Å². The number of rotatable bonds is 0. The van der Waals surface area contributed by atoms with E-state index in [0.29, 0.717) is 11.6 Å². The van der Waals surface area contributed by atoms with Gasteiger partial charge in [-0.05, 0) is 35.9 Å². The van der Waals surface area contributed by atoms with Gasteiger partial charge in [0, 0.05) is 21.9 Å². The number of fused-ring (bicyclic) bond motifs is 5. The molecule has 0 unspecified atom stereocenters. The summed E-state index contributed by atoms with van der Waals surface area (Å²) in [7, 11) is 0. The quantitative estimate of drug-likeness (QED) is 0.644. The van der Waals surface area contributed by atoms with Crippen LogP contribution >= 0.6 is 11.6 Å². The SMILES string of the molecule is Oc1ccc2c(c1)COc1c-2ccc2c(Cl)c(O)ccc12. The highest BCUT2D eigenvalue weighted by atomic mass is 35.5. The number of hydrogen-bond acceptors (Lipinski definition) is 3. The Morgan fingerprint density at radius 3 is 2.52 bits per heavy atom. The maximum Gasteiger partial charge on any atom is 0.135 e. The second-order valence-corrected chi connectivity index (χ2v) is 5.44. The third-order valence-electron chi connectivity index (χ3n) is 3.82. The summed E-state index contributed by atoms with van der Waals surface area (Å²) >= 11 is 6.15. The molecule has 104 valence electrons. The van der Waals surface area contributed by atoms with Crippen molar-refractivity contribution < 1.29 is 14.9 Å². The molecule has 0 amide bonds. The van der Waals surface area contributed by atoms with Gasteiger partial charge in [-0.3, -0.25) is 0 Å². The number of phenols is 2. The molecule has 4 heteroatoms. The molecule has 3 aromatic rings. The summed E-state index contributed by atoms with van der Waals surface area (Å²) in [6.07, 6.45) is 0. The van der Waals surface area contributed by atoms with E-state index >= 15 is 0 Å². The van der Waals surface area contributed by atoms with Gasteiger partial charge in [-0.1, -0.05) is 23.7 Å². The second-order valence-electron chi connectivity index (χ2n) is 5.07. The van der Waals surface area contributed by atoms with Crippen LogP contribution in [0.25, 0.3) is 21.9 Å². The van der Waals surface area contributed by atoms with Crippen molar-refractivity contribution in [1.82, 2.24) is 0 Å². The van der Waals surface area contributed by atoms with Gasteiger partial charge >= 0.3 is 0 Å². The van der Waals surface area contributed by atoms with Crippen molar-refractivity contribution in [1.29, 1.82) is 0 Å². The lowest BCUT2D eigenvalue weighted by Crippen LogP contribution is -2.05. The van der Waals surface area contributed by atoms with E-state index in [4.69, 9.17) is 16.3 Å². The number of halogens is 1. The number of benzene rings is 3. The molecule has 21 heavy (non-hydrogen) atoms. The summed E-state index contributed by atoms with van der Waals surface area (Å²) in [4.78, 5) is 0. The molecule has 2 N–H and O–H groups in total. The average molecular weight is 299 g/mol. The molecule has 0 saturated heterocycles. The Balaban J connectivity index is 2.05. The summed E-state index contributed by atoms with van der Waals surface area (Å²) in [5, 5.41) is 21.2. The molecule has 4 rings (SSSR count). The molecule has 0 radical (unpaired) electrons. The Morgan fingerprint density at radius 1 is 0.905 bits per heavy atom. The maximum atomic E-state index is 9.71. The first-order chi connectivity index (χ1) is 10.1. The average Bonchev–Trinajstić information content (AvgIpc) is 2.49. The van der Waals surface area contributed by atoms with Crippen LogP contribution in [0.4, 0.5) is 0 Å². The van der Waals surface area contributed by atoms with Crippen molar-refractivity contribution in [3.05, 3.63) is 53.1 Å². The highest BCUT2D eigenvalue weighted by Crippen LogP contribution is 2.45. The molecule has 0 bridgehead atoms. The number of ether oxygens (including phenoxy) is 1. The number of hydrogen-bond donors (Lipinski definition) is 2. The van der Waals surface area contributed by atoms with Gasteiger partial charge in [-0.25, -0.2) is 0 Å². The third-order valence-corrected chi connectivity index (χ3v) is 4.21. The minimum atomic E-state index is 0.0604. The lowest BCUT2D eigenvalue weighted by Gasteiger charge is -2.22. The molecular formula is C17H11ClO3. The fourth-order valence-electron chi connectivity index (χ4n) is 2.81. The first-order valence-electron chi connectivity index (χ1n) is 6.54. The summed E-state index contributed by atoms with van der Waals surface area (Å²) in [6.45, 7) is 0.397.